The molecule has 3 atom stereocenters. The Balaban J connectivity index is 1.79. The lowest BCUT2D eigenvalue weighted by atomic mass is 9.85. The molecule has 156 valence electrons. The summed E-state index contributed by atoms with van der Waals surface area (Å²) in [7, 11) is 1.35. The van der Waals surface area contributed by atoms with Gasteiger partial charge in [-0.3, -0.25) is 4.79 Å². The van der Waals surface area contributed by atoms with Gasteiger partial charge in [0.25, 0.3) is 5.91 Å². The molecule has 3 unspecified atom stereocenters. The lowest BCUT2D eigenvalue weighted by Crippen LogP contribution is -2.48. The fourth-order valence-corrected chi connectivity index (χ4v) is 4.97. The van der Waals surface area contributed by atoms with E-state index in [0.29, 0.717) is 40.5 Å². The summed E-state index contributed by atoms with van der Waals surface area (Å²) in [6.45, 7) is 2.00. The second-order valence-electron chi connectivity index (χ2n) is 7.31. The number of carbonyl (C=O) groups excluding carboxylic acids is 2. The van der Waals surface area contributed by atoms with Crippen LogP contribution in [0.1, 0.15) is 44.6 Å². The zero-order valence-corrected chi connectivity index (χ0v) is 18.2. The van der Waals surface area contributed by atoms with Gasteiger partial charge in [-0.2, -0.15) is 5.26 Å². The number of hydrogen-bond donors (Lipinski definition) is 0. The van der Waals surface area contributed by atoms with Gasteiger partial charge in [-0.15, -0.1) is 0 Å². The maximum atomic E-state index is 13.1. The molecule has 1 saturated carbocycles. The number of likely N-dealkylation sites (tertiary alicyclic amines) is 1. The molecule has 0 N–H and O–H groups in total. The third kappa shape index (κ3) is 4.50. The van der Waals surface area contributed by atoms with Crippen molar-refractivity contribution in [2.24, 2.45) is 5.92 Å². The maximum absolute atomic E-state index is 13.1. The van der Waals surface area contributed by atoms with Crippen molar-refractivity contribution < 1.29 is 23.8 Å². The Kier molecular flexibility index (Phi) is 7.01. The van der Waals surface area contributed by atoms with E-state index >= 15 is 0 Å². The monoisotopic (exact) mass is 464 g/mol. The van der Waals surface area contributed by atoms with Crippen molar-refractivity contribution in [1.82, 2.24) is 4.90 Å². The van der Waals surface area contributed by atoms with Gasteiger partial charge in [0.15, 0.2) is 18.1 Å². The summed E-state index contributed by atoms with van der Waals surface area (Å²) < 4.78 is 16.9. The number of rotatable bonds is 6. The van der Waals surface area contributed by atoms with Crippen LogP contribution in [-0.4, -0.2) is 49.2 Å². The summed E-state index contributed by atoms with van der Waals surface area (Å²) in [6, 6.07) is 4.77. The van der Waals surface area contributed by atoms with Gasteiger partial charge in [0.2, 0.25) is 0 Å². The lowest BCUT2D eigenvalue weighted by Gasteiger charge is -2.33. The first-order valence-corrected chi connectivity index (χ1v) is 10.7. The molecule has 2 aliphatic rings. The third-order valence-corrected chi connectivity index (χ3v) is 6.22. The van der Waals surface area contributed by atoms with E-state index in [4.69, 9.17) is 19.5 Å². The molecule has 1 aromatic rings. The Labute approximate surface area is 179 Å². The molecule has 1 aliphatic heterocycles. The minimum Gasteiger partial charge on any atom is -0.490 e. The van der Waals surface area contributed by atoms with Crippen LogP contribution in [-0.2, 0) is 14.3 Å². The summed E-state index contributed by atoms with van der Waals surface area (Å²) in [5.41, 5.74) is 0.425. The fraction of sp³-hybridized carbons (Fsp3) is 0.571. The van der Waals surface area contributed by atoms with Crippen molar-refractivity contribution in [1.29, 1.82) is 5.26 Å². The molecule has 29 heavy (non-hydrogen) atoms. The van der Waals surface area contributed by atoms with E-state index in [1.165, 1.54) is 7.11 Å². The molecular formula is C21H25BrN2O5. The second-order valence-corrected chi connectivity index (χ2v) is 8.16. The SMILES string of the molecule is CCOc1cc(C#N)cc(Br)c1OCC(=O)N1C(C(=O)OC)CC2CCCCC21. The van der Waals surface area contributed by atoms with E-state index in [1.54, 1.807) is 17.0 Å². The molecule has 3 rings (SSSR count). The number of nitriles is 1. The van der Waals surface area contributed by atoms with Gasteiger partial charge in [0.1, 0.15) is 6.04 Å². The van der Waals surface area contributed by atoms with E-state index < -0.39 is 6.04 Å². The molecule has 1 heterocycles. The van der Waals surface area contributed by atoms with Crippen LogP contribution in [0.4, 0.5) is 0 Å². The number of halogens is 1. The molecule has 1 aromatic carbocycles. The van der Waals surface area contributed by atoms with Crippen LogP contribution in [0.15, 0.2) is 16.6 Å². The summed E-state index contributed by atoms with van der Waals surface area (Å²) in [5.74, 6) is 0.481. The third-order valence-electron chi connectivity index (χ3n) is 5.63. The first-order chi connectivity index (χ1) is 14.0. The topological polar surface area (TPSA) is 88.9 Å². The highest BCUT2D eigenvalue weighted by Gasteiger charge is 2.48. The van der Waals surface area contributed by atoms with E-state index in [1.807, 2.05) is 6.92 Å². The maximum Gasteiger partial charge on any atom is 0.328 e. The summed E-state index contributed by atoms with van der Waals surface area (Å²) in [4.78, 5) is 27.1. The molecule has 2 fully saturated rings. The normalized spacial score (nSPS) is 23.1. The number of benzene rings is 1. The zero-order valence-electron chi connectivity index (χ0n) is 16.7. The highest BCUT2D eigenvalue weighted by Crippen LogP contribution is 2.41. The molecule has 1 aliphatic carbocycles. The van der Waals surface area contributed by atoms with Gasteiger partial charge < -0.3 is 19.1 Å². The van der Waals surface area contributed by atoms with Gasteiger partial charge in [-0.05, 0) is 54.1 Å². The van der Waals surface area contributed by atoms with Crippen molar-refractivity contribution in [2.45, 2.75) is 51.1 Å². The van der Waals surface area contributed by atoms with Gasteiger partial charge in [-0.25, -0.2) is 4.79 Å². The Morgan fingerprint density at radius 3 is 2.72 bits per heavy atom. The Morgan fingerprint density at radius 2 is 2.03 bits per heavy atom. The second kappa shape index (κ2) is 9.49. The molecule has 1 amide bonds. The summed E-state index contributed by atoms with van der Waals surface area (Å²) >= 11 is 3.39. The molecular weight excluding hydrogens is 440 g/mol. The largest absolute Gasteiger partial charge is 0.490 e. The quantitative estimate of drug-likeness (QED) is 0.599. The van der Waals surface area contributed by atoms with E-state index in [-0.39, 0.29) is 24.5 Å². The Morgan fingerprint density at radius 1 is 1.28 bits per heavy atom. The van der Waals surface area contributed by atoms with Crippen LogP contribution >= 0.6 is 15.9 Å². The average Bonchev–Trinajstić information content (AvgIpc) is 3.12. The number of amides is 1. The molecule has 7 nitrogen and oxygen atoms in total. The molecule has 1 saturated heterocycles. The smallest absolute Gasteiger partial charge is 0.328 e. The van der Waals surface area contributed by atoms with Crippen LogP contribution in [0.2, 0.25) is 0 Å². The van der Waals surface area contributed by atoms with E-state index in [2.05, 4.69) is 22.0 Å². The zero-order chi connectivity index (χ0) is 21.0. The highest BCUT2D eigenvalue weighted by molar-refractivity contribution is 9.10. The van der Waals surface area contributed by atoms with Gasteiger partial charge in [-0.1, -0.05) is 12.8 Å². The van der Waals surface area contributed by atoms with Gasteiger partial charge in [0.05, 0.1) is 29.8 Å². The standard InChI is InChI=1S/C21H25BrN2O5/c1-3-28-18-9-13(11-23)8-15(22)20(18)29-12-19(25)24-16-7-5-4-6-14(16)10-17(24)21(26)27-2/h8-9,14,16-17H,3-7,10,12H2,1-2H3. The molecule has 8 heteroatoms. The van der Waals surface area contributed by atoms with Crippen molar-refractivity contribution in [3.05, 3.63) is 22.2 Å². The predicted molar refractivity (Wildman–Crippen MR) is 109 cm³/mol. The van der Waals surface area contributed by atoms with Gasteiger partial charge in [0, 0.05) is 12.1 Å². The molecule has 0 spiro atoms. The number of carbonyl (C=O) groups is 2. The number of fused-ring (bicyclic) bond motifs is 1. The number of ether oxygens (including phenoxy) is 3. The van der Waals surface area contributed by atoms with Crippen molar-refractivity contribution in [2.75, 3.05) is 20.3 Å². The fourth-order valence-electron chi connectivity index (χ4n) is 4.41. The predicted octanol–water partition coefficient (Wildman–Crippen LogP) is 3.43. The Bertz CT molecular complexity index is 822. The Hall–Kier alpha value is -2.27. The summed E-state index contributed by atoms with van der Waals surface area (Å²) in [5, 5.41) is 9.15. The number of methoxy groups -OCH3 is 1. The molecule has 0 aromatic heterocycles. The van der Waals surface area contributed by atoms with Crippen LogP contribution < -0.4 is 9.47 Å². The van der Waals surface area contributed by atoms with Crippen molar-refractivity contribution >= 4 is 27.8 Å². The molecule has 0 radical (unpaired) electrons. The van der Waals surface area contributed by atoms with Crippen LogP contribution in [0.3, 0.4) is 0 Å². The summed E-state index contributed by atoms with van der Waals surface area (Å²) in [6.07, 6.45) is 4.75. The minimum absolute atomic E-state index is 0.0553. The first-order valence-electron chi connectivity index (χ1n) is 9.88. The average molecular weight is 465 g/mol. The lowest BCUT2D eigenvalue weighted by molar-refractivity contribution is -0.153. The van der Waals surface area contributed by atoms with Crippen LogP contribution in [0.5, 0.6) is 11.5 Å². The van der Waals surface area contributed by atoms with E-state index in [0.717, 1.165) is 25.7 Å². The number of esters is 1. The highest BCUT2D eigenvalue weighted by atomic mass is 79.9. The minimum atomic E-state index is -0.556. The van der Waals surface area contributed by atoms with Crippen molar-refractivity contribution in [3.63, 3.8) is 0 Å². The number of nitrogens with zero attached hydrogens (tertiary/aromatic N) is 2. The van der Waals surface area contributed by atoms with Crippen LogP contribution in [0.25, 0.3) is 0 Å². The first kappa shape index (κ1) is 21.4. The van der Waals surface area contributed by atoms with Crippen molar-refractivity contribution in [3.8, 4) is 17.6 Å². The van der Waals surface area contributed by atoms with Crippen LogP contribution in [0, 0.1) is 17.2 Å². The van der Waals surface area contributed by atoms with Gasteiger partial charge >= 0.3 is 5.97 Å². The molecule has 0 bridgehead atoms. The number of hydrogen-bond acceptors (Lipinski definition) is 6. The van der Waals surface area contributed by atoms with E-state index in [9.17, 15) is 9.59 Å².